The number of anilines is 1. The van der Waals surface area contributed by atoms with Gasteiger partial charge in [-0.1, -0.05) is 23.5 Å². The molecule has 1 aromatic heterocycles. The van der Waals surface area contributed by atoms with Crippen molar-refractivity contribution in [3.63, 3.8) is 0 Å². The highest BCUT2D eigenvalue weighted by Crippen LogP contribution is 2.65. The largest absolute Gasteiger partial charge is 0.274 e. The number of rotatable bonds is 1. The summed E-state index contributed by atoms with van der Waals surface area (Å²) in [5.74, 6) is 1.41. The third-order valence-corrected chi connectivity index (χ3v) is 6.19. The highest BCUT2D eigenvalue weighted by molar-refractivity contribution is 7.15. The van der Waals surface area contributed by atoms with Gasteiger partial charge in [-0.3, -0.25) is 9.59 Å². The minimum Gasteiger partial charge on any atom is -0.274 e. The number of amides is 2. The van der Waals surface area contributed by atoms with E-state index in [0.29, 0.717) is 17.0 Å². The Morgan fingerprint density at radius 3 is 2.20 bits per heavy atom. The second-order valence-electron chi connectivity index (χ2n) is 6.27. The summed E-state index contributed by atoms with van der Waals surface area (Å²) in [6.07, 6.45) is 5.55. The maximum absolute atomic E-state index is 12.7. The molecule has 1 saturated heterocycles. The molecule has 102 valence electrons. The Hall–Kier alpha value is -1.56. The Bertz CT molecular complexity index is 646. The summed E-state index contributed by atoms with van der Waals surface area (Å²) in [5, 5.41) is 9.14. The third-order valence-electron chi connectivity index (χ3n) is 5.37. The summed E-state index contributed by atoms with van der Waals surface area (Å²) in [7, 11) is 0. The monoisotopic (exact) mass is 287 g/mol. The van der Waals surface area contributed by atoms with E-state index in [1.807, 2.05) is 6.92 Å². The van der Waals surface area contributed by atoms with Crippen LogP contribution in [-0.2, 0) is 9.59 Å². The first-order valence-corrected chi connectivity index (χ1v) is 7.84. The van der Waals surface area contributed by atoms with Crippen LogP contribution in [0.25, 0.3) is 0 Å². The van der Waals surface area contributed by atoms with Crippen molar-refractivity contribution < 1.29 is 9.59 Å². The molecular formula is C14H13N3O2S. The fourth-order valence-electron chi connectivity index (χ4n) is 4.52. The van der Waals surface area contributed by atoms with Crippen LogP contribution in [-0.4, -0.2) is 22.0 Å². The van der Waals surface area contributed by atoms with Crippen molar-refractivity contribution in [2.45, 2.75) is 13.3 Å². The van der Waals surface area contributed by atoms with Crippen LogP contribution >= 0.6 is 11.3 Å². The standard InChI is InChI=1S/C14H13N3O2S/c1-5-15-16-14(20-5)17-12(18)10-6-2-3-7(9-4-8(6)9)11(10)13(17)19/h2-3,6-11H,4H2,1H3/t6-,7-,8-,9+,10+,11+/m1/s1. The van der Waals surface area contributed by atoms with E-state index >= 15 is 0 Å². The molecule has 0 unspecified atom stereocenters. The number of hydrogen-bond acceptors (Lipinski definition) is 5. The molecule has 2 amide bonds. The smallest absolute Gasteiger partial charge is 0.240 e. The highest BCUT2D eigenvalue weighted by atomic mass is 32.1. The number of carbonyl (C=O) groups is 2. The van der Waals surface area contributed by atoms with Crippen LogP contribution < -0.4 is 4.90 Å². The van der Waals surface area contributed by atoms with Crippen LogP contribution in [0.5, 0.6) is 0 Å². The predicted octanol–water partition coefficient (Wildman–Crippen LogP) is 1.40. The molecular weight excluding hydrogens is 274 g/mol. The lowest BCUT2D eigenvalue weighted by molar-refractivity contribution is -0.124. The summed E-state index contributed by atoms with van der Waals surface area (Å²) in [4.78, 5) is 26.8. The van der Waals surface area contributed by atoms with Gasteiger partial charge < -0.3 is 0 Å². The van der Waals surface area contributed by atoms with Crippen molar-refractivity contribution in [1.29, 1.82) is 0 Å². The molecule has 0 radical (unpaired) electrons. The van der Waals surface area contributed by atoms with E-state index < -0.39 is 0 Å². The van der Waals surface area contributed by atoms with E-state index in [1.165, 1.54) is 22.7 Å². The molecule has 2 heterocycles. The Balaban J connectivity index is 1.60. The zero-order chi connectivity index (χ0) is 13.6. The minimum absolute atomic E-state index is 0.0548. The van der Waals surface area contributed by atoms with Gasteiger partial charge >= 0.3 is 0 Å². The molecule has 1 aliphatic heterocycles. The molecule has 2 bridgehead atoms. The fourth-order valence-corrected chi connectivity index (χ4v) is 5.22. The van der Waals surface area contributed by atoms with Crippen molar-refractivity contribution in [2.24, 2.45) is 35.5 Å². The van der Waals surface area contributed by atoms with Crippen LogP contribution in [0.4, 0.5) is 5.13 Å². The molecule has 6 heteroatoms. The van der Waals surface area contributed by atoms with E-state index in [9.17, 15) is 9.59 Å². The summed E-state index contributed by atoms with van der Waals surface area (Å²) < 4.78 is 0. The van der Waals surface area contributed by atoms with E-state index in [2.05, 4.69) is 22.3 Å². The molecule has 6 atom stereocenters. The lowest BCUT2D eigenvalue weighted by Crippen LogP contribution is -2.40. The fraction of sp³-hybridized carbons (Fsp3) is 0.571. The van der Waals surface area contributed by atoms with Crippen molar-refractivity contribution in [3.8, 4) is 0 Å². The molecule has 4 aliphatic carbocycles. The average Bonchev–Trinajstić information content (AvgIpc) is 3.10. The van der Waals surface area contributed by atoms with Gasteiger partial charge in [0.15, 0.2) is 0 Å². The second-order valence-corrected chi connectivity index (χ2v) is 7.43. The van der Waals surface area contributed by atoms with Gasteiger partial charge in [0.25, 0.3) is 0 Å². The predicted molar refractivity (Wildman–Crippen MR) is 71.8 cm³/mol. The number of nitrogens with zero attached hydrogens (tertiary/aromatic N) is 3. The van der Waals surface area contributed by atoms with E-state index in [4.69, 9.17) is 0 Å². The van der Waals surface area contributed by atoms with Gasteiger partial charge in [-0.25, -0.2) is 4.90 Å². The van der Waals surface area contributed by atoms with Gasteiger partial charge in [0.2, 0.25) is 16.9 Å². The van der Waals surface area contributed by atoms with Crippen molar-refractivity contribution >= 4 is 28.3 Å². The lowest BCUT2D eigenvalue weighted by Gasteiger charge is -2.37. The van der Waals surface area contributed by atoms with Crippen molar-refractivity contribution in [1.82, 2.24) is 10.2 Å². The molecule has 6 rings (SSSR count). The first kappa shape index (κ1) is 11.1. The quantitative estimate of drug-likeness (QED) is 0.578. The van der Waals surface area contributed by atoms with Gasteiger partial charge in [0.05, 0.1) is 11.8 Å². The molecule has 0 aromatic carbocycles. The maximum Gasteiger partial charge on any atom is 0.240 e. The molecule has 5 aliphatic rings. The number of allylic oxidation sites excluding steroid dienone is 2. The molecule has 0 spiro atoms. The molecule has 1 aromatic rings. The average molecular weight is 287 g/mol. The van der Waals surface area contributed by atoms with Gasteiger partial charge in [-0.15, -0.1) is 10.2 Å². The maximum atomic E-state index is 12.7. The van der Waals surface area contributed by atoms with Crippen LogP contribution in [0, 0.1) is 42.4 Å². The SMILES string of the molecule is Cc1nnc(N2C(=O)[C@H]3[C@@H]4C=C[C@H]([C@@H]5C[C@H]45)[C@@H]3C2=O)s1. The van der Waals surface area contributed by atoms with Crippen LogP contribution in [0.1, 0.15) is 11.4 Å². The third kappa shape index (κ3) is 1.15. The first-order chi connectivity index (χ1) is 9.66. The number of aromatic nitrogens is 2. The molecule has 3 fully saturated rings. The number of imide groups is 1. The zero-order valence-corrected chi connectivity index (χ0v) is 11.7. The summed E-state index contributed by atoms with van der Waals surface area (Å²) >= 11 is 1.31. The number of aryl methyl sites for hydroxylation is 1. The highest BCUT2D eigenvalue weighted by Gasteiger charge is 2.67. The molecule has 2 saturated carbocycles. The number of hydrogen-bond donors (Lipinski definition) is 0. The summed E-state index contributed by atoms with van der Waals surface area (Å²) in [6.45, 7) is 1.83. The first-order valence-electron chi connectivity index (χ1n) is 7.03. The van der Waals surface area contributed by atoms with Gasteiger partial charge in [-0.2, -0.15) is 0 Å². The Morgan fingerprint density at radius 2 is 1.70 bits per heavy atom. The zero-order valence-electron chi connectivity index (χ0n) is 10.9. The van der Waals surface area contributed by atoms with Gasteiger partial charge in [0, 0.05) is 0 Å². The molecule has 0 N–H and O–H groups in total. The van der Waals surface area contributed by atoms with Crippen molar-refractivity contribution in [2.75, 3.05) is 4.90 Å². The van der Waals surface area contributed by atoms with E-state index in [-0.39, 0.29) is 35.5 Å². The second kappa shape index (κ2) is 3.36. The van der Waals surface area contributed by atoms with Crippen LogP contribution in [0.3, 0.4) is 0 Å². The van der Waals surface area contributed by atoms with Crippen LogP contribution in [0.15, 0.2) is 12.2 Å². The normalized spacial score (nSPS) is 44.0. The van der Waals surface area contributed by atoms with E-state index in [0.717, 1.165) is 5.01 Å². The minimum atomic E-state index is -0.148. The Morgan fingerprint density at radius 1 is 1.10 bits per heavy atom. The topological polar surface area (TPSA) is 63.2 Å². The summed E-state index contributed by atoms with van der Waals surface area (Å²) in [5.41, 5.74) is 0. The van der Waals surface area contributed by atoms with Crippen molar-refractivity contribution in [3.05, 3.63) is 17.2 Å². The summed E-state index contributed by atoms with van der Waals surface area (Å²) in [6, 6.07) is 0. The Kier molecular flexibility index (Phi) is 1.87. The molecule has 20 heavy (non-hydrogen) atoms. The van der Waals surface area contributed by atoms with Gasteiger partial charge in [-0.05, 0) is 37.0 Å². The van der Waals surface area contributed by atoms with Gasteiger partial charge in [0.1, 0.15) is 5.01 Å². The Labute approximate surface area is 119 Å². The molecule has 5 nitrogen and oxygen atoms in total. The van der Waals surface area contributed by atoms with E-state index in [1.54, 1.807) is 0 Å². The van der Waals surface area contributed by atoms with Crippen LogP contribution in [0.2, 0.25) is 0 Å². The number of carbonyl (C=O) groups excluding carboxylic acids is 2. The lowest BCUT2D eigenvalue weighted by atomic mass is 9.63.